The smallest absolute Gasteiger partial charge is 0.328 e. The van der Waals surface area contributed by atoms with Gasteiger partial charge in [0.25, 0.3) is 0 Å². The van der Waals surface area contributed by atoms with Gasteiger partial charge in [-0.15, -0.1) is 0 Å². The molecule has 0 aromatic heterocycles. The quantitative estimate of drug-likeness (QED) is 0.210. The molecular formula is C23H45NO3. The molecule has 0 aliphatic carbocycles. The lowest BCUT2D eigenvalue weighted by molar-refractivity contribution is -0.146. The summed E-state index contributed by atoms with van der Waals surface area (Å²) in [5.41, 5.74) is 0. The SMILES string of the molecule is CCCCCCCCCCCCCCCCCC(=O)N[C@@H](C)C(=O)OCC. The first kappa shape index (κ1) is 25.9. The van der Waals surface area contributed by atoms with Gasteiger partial charge in [-0.3, -0.25) is 4.79 Å². The number of ether oxygens (including phenoxy) is 1. The number of unbranched alkanes of at least 4 members (excludes halogenated alkanes) is 14. The lowest BCUT2D eigenvalue weighted by Gasteiger charge is -2.12. The number of hydrogen-bond donors (Lipinski definition) is 1. The normalized spacial score (nSPS) is 12.0. The number of esters is 1. The minimum atomic E-state index is -0.547. The first-order chi connectivity index (χ1) is 13.1. The predicted molar refractivity (Wildman–Crippen MR) is 114 cm³/mol. The van der Waals surface area contributed by atoms with Crippen molar-refractivity contribution >= 4 is 11.9 Å². The van der Waals surface area contributed by atoms with Gasteiger partial charge in [-0.2, -0.15) is 0 Å². The van der Waals surface area contributed by atoms with Gasteiger partial charge in [-0.25, -0.2) is 4.79 Å². The van der Waals surface area contributed by atoms with Crippen LogP contribution in [-0.2, 0) is 14.3 Å². The maximum atomic E-state index is 11.8. The molecule has 0 saturated carbocycles. The van der Waals surface area contributed by atoms with Crippen molar-refractivity contribution in [1.82, 2.24) is 5.32 Å². The summed E-state index contributed by atoms with van der Waals surface area (Å²) < 4.78 is 4.88. The molecule has 0 aliphatic rings. The number of rotatable bonds is 19. The van der Waals surface area contributed by atoms with Crippen LogP contribution in [-0.4, -0.2) is 24.5 Å². The van der Waals surface area contributed by atoms with Crippen LogP contribution in [0, 0.1) is 0 Å². The standard InChI is InChI=1S/C23H45NO3/c1-4-6-7-8-9-10-11-12-13-14-15-16-17-18-19-20-22(25)24-21(3)23(26)27-5-2/h21H,4-20H2,1-3H3,(H,24,25)/t21-/m0/s1. The van der Waals surface area contributed by atoms with Crippen LogP contribution in [0.3, 0.4) is 0 Å². The molecule has 0 fully saturated rings. The van der Waals surface area contributed by atoms with Crippen LogP contribution in [0.5, 0.6) is 0 Å². The summed E-state index contributed by atoms with van der Waals surface area (Å²) in [4.78, 5) is 23.2. The molecule has 27 heavy (non-hydrogen) atoms. The van der Waals surface area contributed by atoms with Crippen molar-refractivity contribution < 1.29 is 14.3 Å². The highest BCUT2D eigenvalue weighted by Crippen LogP contribution is 2.13. The zero-order chi connectivity index (χ0) is 20.2. The largest absolute Gasteiger partial charge is 0.464 e. The first-order valence-electron chi connectivity index (χ1n) is 11.6. The molecule has 4 nitrogen and oxygen atoms in total. The first-order valence-corrected chi connectivity index (χ1v) is 11.6. The Labute approximate surface area is 168 Å². The van der Waals surface area contributed by atoms with Crippen LogP contribution < -0.4 is 5.32 Å². The molecule has 0 saturated heterocycles. The average Bonchev–Trinajstić information content (AvgIpc) is 2.65. The molecule has 0 spiro atoms. The molecule has 0 aromatic rings. The fourth-order valence-electron chi connectivity index (χ4n) is 3.30. The van der Waals surface area contributed by atoms with E-state index in [1.165, 1.54) is 83.5 Å². The van der Waals surface area contributed by atoms with Gasteiger partial charge in [0, 0.05) is 6.42 Å². The maximum Gasteiger partial charge on any atom is 0.328 e. The third kappa shape index (κ3) is 18.1. The highest BCUT2D eigenvalue weighted by Gasteiger charge is 2.15. The van der Waals surface area contributed by atoms with Gasteiger partial charge in [-0.1, -0.05) is 96.8 Å². The highest BCUT2D eigenvalue weighted by atomic mass is 16.5. The van der Waals surface area contributed by atoms with Gasteiger partial charge in [-0.05, 0) is 20.3 Å². The van der Waals surface area contributed by atoms with Gasteiger partial charge < -0.3 is 10.1 Å². The highest BCUT2D eigenvalue weighted by molar-refractivity contribution is 5.84. The van der Waals surface area contributed by atoms with Crippen molar-refractivity contribution in [3.05, 3.63) is 0 Å². The summed E-state index contributed by atoms with van der Waals surface area (Å²) in [6.07, 6.45) is 20.3. The molecule has 1 atom stereocenters. The van der Waals surface area contributed by atoms with E-state index in [4.69, 9.17) is 4.74 Å². The third-order valence-electron chi connectivity index (χ3n) is 5.03. The van der Waals surface area contributed by atoms with E-state index < -0.39 is 6.04 Å². The van der Waals surface area contributed by atoms with Crippen molar-refractivity contribution in [1.29, 1.82) is 0 Å². The van der Waals surface area contributed by atoms with Crippen LogP contribution in [0.2, 0.25) is 0 Å². The minimum absolute atomic E-state index is 0.0507. The van der Waals surface area contributed by atoms with Crippen LogP contribution in [0.1, 0.15) is 124 Å². The second-order valence-electron chi connectivity index (χ2n) is 7.74. The number of carbonyl (C=O) groups excluding carboxylic acids is 2. The molecule has 0 rings (SSSR count). The summed E-state index contributed by atoms with van der Waals surface area (Å²) >= 11 is 0. The fraction of sp³-hybridized carbons (Fsp3) is 0.913. The summed E-state index contributed by atoms with van der Waals surface area (Å²) in [7, 11) is 0. The van der Waals surface area contributed by atoms with Crippen molar-refractivity contribution in [3.8, 4) is 0 Å². The molecule has 0 radical (unpaired) electrons. The number of amides is 1. The second kappa shape index (κ2) is 19.7. The maximum absolute atomic E-state index is 11.8. The Hall–Kier alpha value is -1.06. The lowest BCUT2D eigenvalue weighted by atomic mass is 10.0. The monoisotopic (exact) mass is 383 g/mol. The van der Waals surface area contributed by atoms with Crippen molar-refractivity contribution in [2.45, 2.75) is 130 Å². The fourth-order valence-corrected chi connectivity index (χ4v) is 3.30. The molecule has 1 N–H and O–H groups in total. The molecule has 4 heteroatoms. The van der Waals surface area contributed by atoms with Gasteiger partial charge in [0.1, 0.15) is 6.04 Å². The van der Waals surface area contributed by atoms with Gasteiger partial charge in [0.2, 0.25) is 5.91 Å². The predicted octanol–water partition coefficient (Wildman–Crippen LogP) is 6.32. The second-order valence-corrected chi connectivity index (χ2v) is 7.74. The molecule has 1 amide bonds. The number of hydrogen-bond acceptors (Lipinski definition) is 3. The molecule has 0 aromatic carbocycles. The Bertz CT molecular complexity index is 358. The van der Waals surface area contributed by atoms with Crippen molar-refractivity contribution in [2.75, 3.05) is 6.61 Å². The zero-order valence-electron chi connectivity index (χ0n) is 18.3. The lowest BCUT2D eigenvalue weighted by Crippen LogP contribution is -2.39. The van der Waals surface area contributed by atoms with Crippen LogP contribution in [0.25, 0.3) is 0 Å². The van der Waals surface area contributed by atoms with Gasteiger partial charge in [0.05, 0.1) is 6.61 Å². The van der Waals surface area contributed by atoms with E-state index in [0.717, 1.165) is 12.8 Å². The van der Waals surface area contributed by atoms with Gasteiger partial charge >= 0.3 is 5.97 Å². The van der Waals surface area contributed by atoms with E-state index in [-0.39, 0.29) is 11.9 Å². The van der Waals surface area contributed by atoms with E-state index >= 15 is 0 Å². The molecule has 0 unspecified atom stereocenters. The van der Waals surface area contributed by atoms with E-state index in [0.29, 0.717) is 13.0 Å². The van der Waals surface area contributed by atoms with Crippen LogP contribution in [0.4, 0.5) is 0 Å². The molecule has 0 heterocycles. The summed E-state index contributed by atoms with van der Waals surface area (Å²) in [6, 6.07) is -0.547. The summed E-state index contributed by atoms with van der Waals surface area (Å²) in [5.74, 6) is -0.410. The molecule has 160 valence electrons. The van der Waals surface area contributed by atoms with E-state index in [9.17, 15) is 9.59 Å². The van der Waals surface area contributed by atoms with Crippen LogP contribution in [0.15, 0.2) is 0 Å². The number of carbonyl (C=O) groups is 2. The Morgan fingerprint density at radius 2 is 1.11 bits per heavy atom. The minimum Gasteiger partial charge on any atom is -0.464 e. The molecule has 0 bridgehead atoms. The Balaban J connectivity index is 3.28. The zero-order valence-corrected chi connectivity index (χ0v) is 18.3. The van der Waals surface area contributed by atoms with E-state index in [1.807, 2.05) is 0 Å². The Morgan fingerprint density at radius 3 is 1.52 bits per heavy atom. The topological polar surface area (TPSA) is 55.4 Å². The van der Waals surface area contributed by atoms with Crippen molar-refractivity contribution in [2.24, 2.45) is 0 Å². The molecular weight excluding hydrogens is 338 g/mol. The molecule has 0 aliphatic heterocycles. The Kier molecular flexibility index (Phi) is 18.9. The average molecular weight is 384 g/mol. The van der Waals surface area contributed by atoms with Crippen LogP contribution >= 0.6 is 0 Å². The number of nitrogens with one attached hydrogen (secondary N) is 1. The summed E-state index contributed by atoms with van der Waals surface area (Å²) in [5, 5.41) is 2.70. The van der Waals surface area contributed by atoms with Crippen molar-refractivity contribution in [3.63, 3.8) is 0 Å². The van der Waals surface area contributed by atoms with Gasteiger partial charge in [0.15, 0.2) is 0 Å². The van der Waals surface area contributed by atoms with E-state index in [2.05, 4.69) is 12.2 Å². The van der Waals surface area contributed by atoms with E-state index in [1.54, 1.807) is 13.8 Å². The Morgan fingerprint density at radius 1 is 0.704 bits per heavy atom. The third-order valence-corrected chi connectivity index (χ3v) is 5.03. The summed E-state index contributed by atoms with van der Waals surface area (Å²) in [6.45, 7) is 6.05.